The predicted octanol–water partition coefficient (Wildman–Crippen LogP) is -0.944. The molecule has 1 radical (unpaired) electrons. The molecule has 3 rings (SSSR count). The number of carbonyl (C=O) groups excluding carboxylic acids is 2. The van der Waals surface area contributed by atoms with Gasteiger partial charge in [0.05, 0.1) is 33.7 Å². The van der Waals surface area contributed by atoms with Crippen molar-refractivity contribution in [2.75, 3.05) is 0 Å². The van der Waals surface area contributed by atoms with Gasteiger partial charge in [0, 0.05) is 50.5 Å². The fraction of sp³-hybridized carbons (Fsp3) is 0.200. The average molecular weight is 418 g/mol. The molecule has 0 atom stereocenters. The first-order valence-corrected chi connectivity index (χ1v) is 6.67. The maximum absolute atomic E-state index is 11.7. The van der Waals surface area contributed by atoms with Crippen molar-refractivity contribution in [1.82, 2.24) is 9.55 Å². The number of hydrogen-bond donors (Lipinski definition) is 0. The van der Waals surface area contributed by atoms with Crippen LogP contribution in [0.4, 0.5) is 0 Å². The van der Waals surface area contributed by atoms with E-state index in [9.17, 15) is 28.8 Å². The summed E-state index contributed by atoms with van der Waals surface area (Å²) in [6, 6.07) is 2.54. The molecule has 2 aromatic heterocycles. The molecule has 9 nitrogen and oxygen atoms in total. The van der Waals surface area contributed by atoms with Gasteiger partial charge in [-0.15, -0.1) is 0 Å². The van der Waals surface area contributed by atoms with E-state index in [1.165, 1.54) is 33.0 Å². The molecule has 2 heterocycles. The number of benzene rings is 1. The Kier molecular flexibility index (Phi) is 6.45. The van der Waals surface area contributed by atoms with Crippen LogP contribution < -0.4 is 27.2 Å². The molecule has 10 heteroatoms. The molecular formula is C15H11N3O6Y-2. The molecule has 25 heavy (non-hydrogen) atoms. The van der Waals surface area contributed by atoms with E-state index >= 15 is 0 Å². The first kappa shape index (κ1) is 20.8. The SMILES string of the molecule is CC(=O)[N-]C(C)=O.Cn1c(=O)c2cc3c(=O)[n-]c(=O)c3cc2c1=O.[Y]. The number of aromatic nitrogens is 2. The number of fused-ring (bicyclic) bond motifs is 2. The van der Waals surface area contributed by atoms with E-state index in [1.54, 1.807) is 0 Å². The van der Waals surface area contributed by atoms with Crippen molar-refractivity contribution in [3.05, 3.63) is 58.9 Å². The molecule has 0 N–H and O–H groups in total. The molecule has 0 saturated carbocycles. The normalized spacial score (nSPS) is 10.0. The summed E-state index contributed by atoms with van der Waals surface area (Å²) in [5.41, 5.74) is -2.27. The number of carbonyl (C=O) groups is 2. The predicted molar refractivity (Wildman–Crippen MR) is 85.9 cm³/mol. The maximum Gasteiger partial charge on any atom is 0.261 e. The fourth-order valence-corrected chi connectivity index (χ4v) is 2.20. The number of amides is 2. The molecule has 0 saturated heterocycles. The second-order valence-corrected chi connectivity index (χ2v) is 4.98. The van der Waals surface area contributed by atoms with Gasteiger partial charge in [-0.3, -0.25) is 14.2 Å². The summed E-state index contributed by atoms with van der Waals surface area (Å²) in [4.78, 5) is 69.0. The quantitative estimate of drug-likeness (QED) is 0.460. The van der Waals surface area contributed by atoms with Gasteiger partial charge in [-0.25, -0.2) is 0 Å². The molecule has 0 aliphatic carbocycles. The van der Waals surface area contributed by atoms with Crippen molar-refractivity contribution in [3.63, 3.8) is 0 Å². The zero-order valence-electron chi connectivity index (χ0n) is 13.5. The van der Waals surface area contributed by atoms with E-state index in [2.05, 4.69) is 10.3 Å². The van der Waals surface area contributed by atoms with Crippen LogP contribution in [0.5, 0.6) is 0 Å². The van der Waals surface area contributed by atoms with Gasteiger partial charge in [-0.05, 0) is 26.0 Å². The number of rotatable bonds is 0. The van der Waals surface area contributed by atoms with Crippen molar-refractivity contribution in [2.45, 2.75) is 13.8 Å². The van der Waals surface area contributed by atoms with Gasteiger partial charge in [0.25, 0.3) is 11.1 Å². The summed E-state index contributed by atoms with van der Waals surface area (Å²) in [5, 5.41) is 3.47. The van der Waals surface area contributed by atoms with Gasteiger partial charge in [0.1, 0.15) is 0 Å². The van der Waals surface area contributed by atoms with Crippen LogP contribution in [0.25, 0.3) is 26.9 Å². The van der Waals surface area contributed by atoms with Crippen molar-refractivity contribution in [1.29, 1.82) is 0 Å². The summed E-state index contributed by atoms with van der Waals surface area (Å²) in [6.07, 6.45) is 0. The van der Waals surface area contributed by atoms with Gasteiger partial charge >= 0.3 is 0 Å². The van der Waals surface area contributed by atoms with E-state index < -0.39 is 34.1 Å². The van der Waals surface area contributed by atoms with Gasteiger partial charge in [-0.2, -0.15) is 0 Å². The zero-order valence-corrected chi connectivity index (χ0v) is 16.4. The van der Waals surface area contributed by atoms with Crippen LogP contribution in [0.3, 0.4) is 0 Å². The summed E-state index contributed by atoms with van der Waals surface area (Å²) < 4.78 is 0.950. The number of nitrogens with zero attached hydrogens (tertiary/aromatic N) is 3. The molecule has 2 amide bonds. The van der Waals surface area contributed by atoms with Crippen molar-refractivity contribution >= 4 is 33.4 Å². The molecular weight excluding hydrogens is 407 g/mol. The Morgan fingerprint density at radius 2 is 1.20 bits per heavy atom. The van der Waals surface area contributed by atoms with Crippen LogP contribution in [0.2, 0.25) is 0 Å². The van der Waals surface area contributed by atoms with Crippen LogP contribution in [0, 0.1) is 0 Å². The van der Waals surface area contributed by atoms with Crippen LogP contribution in [0.15, 0.2) is 31.3 Å². The van der Waals surface area contributed by atoms with Gasteiger partial charge < -0.3 is 29.5 Å². The van der Waals surface area contributed by atoms with E-state index in [4.69, 9.17) is 0 Å². The van der Waals surface area contributed by atoms with Crippen LogP contribution >= 0.6 is 0 Å². The monoisotopic (exact) mass is 418 g/mol. The smallest absolute Gasteiger partial charge is 0.261 e. The van der Waals surface area contributed by atoms with Crippen LogP contribution in [-0.2, 0) is 49.3 Å². The Bertz CT molecular complexity index is 1090. The Morgan fingerprint density at radius 1 is 0.840 bits per heavy atom. The molecule has 0 bridgehead atoms. The zero-order chi connectivity index (χ0) is 18.2. The molecule has 0 unspecified atom stereocenters. The van der Waals surface area contributed by atoms with Gasteiger partial charge in [0.15, 0.2) is 0 Å². The average Bonchev–Trinajstić information content (AvgIpc) is 2.87. The molecule has 127 valence electrons. The summed E-state index contributed by atoms with van der Waals surface area (Å²) >= 11 is 0. The van der Waals surface area contributed by atoms with Crippen LogP contribution in [0.1, 0.15) is 13.8 Å². The Balaban J connectivity index is 0.000000339. The summed E-state index contributed by atoms with van der Waals surface area (Å²) in [7, 11) is 1.35. The third-order valence-electron chi connectivity index (χ3n) is 3.21. The summed E-state index contributed by atoms with van der Waals surface area (Å²) in [5.74, 6) is -0.875. The van der Waals surface area contributed by atoms with Crippen molar-refractivity contribution in [2.24, 2.45) is 7.05 Å². The maximum atomic E-state index is 11.7. The van der Waals surface area contributed by atoms with E-state index in [0.717, 1.165) is 4.57 Å². The van der Waals surface area contributed by atoms with Crippen LogP contribution in [-0.4, -0.2) is 16.4 Å². The van der Waals surface area contributed by atoms with Gasteiger partial charge in [-0.1, -0.05) is 0 Å². The molecule has 0 aliphatic heterocycles. The first-order chi connectivity index (χ1) is 11.1. The van der Waals surface area contributed by atoms with Gasteiger partial charge in [0.2, 0.25) is 0 Å². The molecule has 0 aliphatic rings. The molecule has 0 spiro atoms. The Labute approximate surface area is 164 Å². The number of imide groups is 1. The first-order valence-electron chi connectivity index (χ1n) is 6.67. The third-order valence-corrected chi connectivity index (χ3v) is 3.21. The fourth-order valence-electron chi connectivity index (χ4n) is 2.20. The second-order valence-electron chi connectivity index (χ2n) is 4.98. The van der Waals surface area contributed by atoms with E-state index in [0.29, 0.717) is 0 Å². The largest absolute Gasteiger partial charge is 0.596 e. The minimum Gasteiger partial charge on any atom is -0.596 e. The summed E-state index contributed by atoms with van der Waals surface area (Å²) in [6.45, 7) is 2.47. The van der Waals surface area contributed by atoms with E-state index in [-0.39, 0.29) is 54.3 Å². The third kappa shape index (κ3) is 4.05. The molecule has 0 fully saturated rings. The topological polar surface area (TPSA) is 136 Å². The van der Waals surface area contributed by atoms with Crippen molar-refractivity contribution in [3.8, 4) is 0 Å². The Morgan fingerprint density at radius 3 is 1.48 bits per heavy atom. The molecule has 1 aromatic carbocycles. The standard InChI is InChI=1S/C11H6N2O4.C4H7NO2.Y/c1-13-10(16)6-2-4-5(3-7(6)11(13)17)9(15)12-8(4)14;1-3(6)5-4(2)7;/h2-3H,1H3,(H,12,14,15);1-2H3,(H,5,6,7);/p-2. The second kappa shape index (κ2) is 7.75. The molecule has 3 aromatic rings. The van der Waals surface area contributed by atoms with Crippen molar-refractivity contribution < 1.29 is 42.3 Å². The number of hydrogen-bond acceptors (Lipinski definition) is 6. The minimum atomic E-state index is -0.664. The minimum absolute atomic E-state index is 0. The van der Waals surface area contributed by atoms with E-state index in [1.807, 2.05) is 0 Å². The Hall–Kier alpha value is -2.26.